The lowest BCUT2D eigenvalue weighted by molar-refractivity contribution is 0.261. The Balaban J connectivity index is 1.08. The van der Waals surface area contributed by atoms with Crippen LogP contribution < -0.4 is 42.5 Å². The standard InChI is InChI=1S/C72H34F20N12O4/c73-45-49(77)57(85)65(58(86)50(45)78)101-69(105)97-29-13-5-1-9-25(29)41-33-17-19-35(93-33)42(26-10-2-6-14-30(26)98-70(106)102-66-59(87)51(79)46(74)52(80)60(66)88)37-21-23-39(95-37)44(28-12-4-8-16-32(28)100-72(108)104-68-63(91)55(83)48(76)56(84)64(68)92)40-24-22-38(96-40)43(36-20-18-34(41)94-36)27-11-3-7-15-31(27)99-71(107)103-67-61(89)53(81)47(75)54(82)62(67)90/h1-24,93,96H,(H2,97,101,105)(H2,98,102,106)(H2,99,103,107)(H2,100,104,108). The minimum absolute atomic E-state index is 0.0538. The number of nitrogens with one attached hydrogen (secondary N) is 10. The van der Waals surface area contributed by atoms with Crippen molar-refractivity contribution >= 4 is 116 Å². The molecule has 8 bridgehead atoms. The molecule has 0 saturated carbocycles. The number of benzene rings is 8. The normalized spacial score (nSPS) is 11.6. The predicted octanol–water partition coefficient (Wildman–Crippen LogP) is 20.7. The van der Waals surface area contributed by atoms with Crippen molar-refractivity contribution < 1.29 is 107 Å². The molecular formula is C72H34F20N12O4. The van der Waals surface area contributed by atoms with Gasteiger partial charge in [0.15, 0.2) is 93.1 Å². The summed E-state index contributed by atoms with van der Waals surface area (Å²) in [6, 6.07) is 20.1. The van der Waals surface area contributed by atoms with Crippen LogP contribution in [0, 0.1) is 116 Å². The van der Waals surface area contributed by atoms with E-state index in [2.05, 4.69) is 31.2 Å². The highest BCUT2D eigenvalue weighted by molar-refractivity contribution is 6.11. The van der Waals surface area contributed by atoms with E-state index in [-0.39, 0.29) is 112 Å². The number of hydrogen-bond donors (Lipinski definition) is 10. The summed E-state index contributed by atoms with van der Waals surface area (Å²) in [5, 5.41) is 15.7. The number of carbonyl (C=O) groups is 4. The van der Waals surface area contributed by atoms with Crippen molar-refractivity contribution in [2.75, 3.05) is 42.5 Å². The van der Waals surface area contributed by atoms with E-state index in [0.717, 1.165) is 0 Å². The van der Waals surface area contributed by atoms with E-state index < -0.39 is 163 Å². The molecule has 8 aromatic carbocycles. The van der Waals surface area contributed by atoms with E-state index in [1.165, 1.54) is 146 Å². The molecule has 2 aliphatic rings. The average Bonchev–Trinajstić information content (AvgIpc) is 1.59. The van der Waals surface area contributed by atoms with Gasteiger partial charge in [0.1, 0.15) is 22.7 Å². The molecular weight excluding hydrogens is 1480 g/mol. The quantitative estimate of drug-likeness (QED) is 0.0325. The number of rotatable bonds is 12. The van der Waals surface area contributed by atoms with Gasteiger partial charge in [-0.25, -0.2) is 117 Å². The van der Waals surface area contributed by atoms with Crippen molar-refractivity contribution in [1.82, 2.24) is 19.9 Å². The number of aromatic nitrogens is 4. The zero-order valence-corrected chi connectivity index (χ0v) is 52.9. The number of anilines is 8. The van der Waals surface area contributed by atoms with Crippen LogP contribution in [-0.4, -0.2) is 44.1 Å². The highest BCUT2D eigenvalue weighted by atomic mass is 19.2. The fraction of sp³-hybridized carbons (Fsp3) is 0. The summed E-state index contributed by atoms with van der Waals surface area (Å²) >= 11 is 0. The van der Waals surface area contributed by atoms with Gasteiger partial charge in [-0.15, -0.1) is 0 Å². The second-order valence-electron chi connectivity index (χ2n) is 22.8. The Kier molecular flexibility index (Phi) is 19.2. The van der Waals surface area contributed by atoms with Crippen LogP contribution in [0.5, 0.6) is 0 Å². The molecule has 3 aromatic heterocycles. The molecule has 16 nitrogen and oxygen atoms in total. The molecule has 0 atom stereocenters. The number of amides is 8. The smallest absolute Gasteiger partial charge is 0.323 e. The van der Waals surface area contributed by atoms with Crippen LogP contribution in [0.1, 0.15) is 22.8 Å². The molecule has 5 heterocycles. The maximum Gasteiger partial charge on any atom is 0.323 e. The maximum absolute atomic E-state index is 15.1. The Morgan fingerprint density at radius 2 is 0.389 bits per heavy atom. The lowest BCUT2D eigenvalue weighted by Crippen LogP contribution is -2.22. The topological polar surface area (TPSA) is 222 Å². The van der Waals surface area contributed by atoms with Crippen LogP contribution >= 0.6 is 0 Å². The van der Waals surface area contributed by atoms with E-state index >= 15 is 35.1 Å². The van der Waals surface area contributed by atoms with E-state index in [9.17, 15) is 71.9 Å². The van der Waals surface area contributed by atoms with Crippen LogP contribution in [0.3, 0.4) is 0 Å². The predicted molar refractivity (Wildman–Crippen MR) is 356 cm³/mol. The van der Waals surface area contributed by atoms with Gasteiger partial charge in [-0.1, -0.05) is 72.8 Å². The van der Waals surface area contributed by atoms with E-state index in [1.807, 2.05) is 0 Å². The van der Waals surface area contributed by atoms with E-state index in [4.69, 9.17) is 9.97 Å². The Morgan fingerprint density at radius 3 is 0.574 bits per heavy atom. The number of H-pyrrole nitrogens is 2. The first-order valence-corrected chi connectivity index (χ1v) is 30.4. The van der Waals surface area contributed by atoms with Gasteiger partial charge in [0, 0.05) is 66.6 Å². The van der Waals surface area contributed by atoms with Crippen molar-refractivity contribution in [3.8, 4) is 44.5 Å². The molecule has 2 aliphatic heterocycles. The highest BCUT2D eigenvalue weighted by Crippen LogP contribution is 2.45. The molecule has 0 fully saturated rings. The Labute approximate surface area is 588 Å². The molecule has 0 spiro atoms. The molecule has 10 N–H and O–H groups in total. The van der Waals surface area contributed by atoms with Crippen LogP contribution in [0.2, 0.25) is 0 Å². The fourth-order valence-electron chi connectivity index (χ4n) is 11.5. The minimum atomic E-state index is -2.56. The maximum atomic E-state index is 15.1. The SMILES string of the molecule is O=C(Nc1ccccc1-c1c2nc(c(-c3ccccc3NC(=O)Nc3c(F)c(F)c(F)c(F)c3F)c3ccc([nH]3)c(-c3ccccc3NC(=O)Nc3c(F)c(F)c(F)c(F)c3F)c3nc(c(-c4ccccc4NC(=O)Nc4c(F)c(F)c(F)c(F)c4F)c4ccc1[nH]4)C=C3)C=C2)Nc1c(F)c(F)c(F)c(F)c1F. The zero-order chi connectivity index (χ0) is 77.2. The van der Waals surface area contributed by atoms with Crippen LogP contribution in [0.15, 0.2) is 121 Å². The first-order chi connectivity index (χ1) is 51.5. The number of urea groups is 4. The molecule has 546 valence electrons. The number of para-hydroxylation sites is 4. The number of carbonyl (C=O) groups excluding carboxylic acids is 4. The number of nitrogens with zero attached hydrogens (tertiary/aromatic N) is 2. The van der Waals surface area contributed by atoms with Gasteiger partial charge in [0.05, 0.1) is 45.5 Å². The molecule has 0 saturated heterocycles. The summed E-state index contributed by atoms with van der Waals surface area (Å²) in [4.78, 5) is 71.8. The van der Waals surface area contributed by atoms with Crippen molar-refractivity contribution in [2.45, 2.75) is 0 Å². The van der Waals surface area contributed by atoms with Gasteiger partial charge in [0.25, 0.3) is 0 Å². The van der Waals surface area contributed by atoms with Crippen LogP contribution in [-0.2, 0) is 0 Å². The summed E-state index contributed by atoms with van der Waals surface area (Å²) < 4.78 is 293. The molecule has 13 rings (SSSR count). The Morgan fingerprint density at radius 1 is 0.222 bits per heavy atom. The Hall–Kier alpha value is -14.0. The van der Waals surface area contributed by atoms with Crippen molar-refractivity contribution in [3.63, 3.8) is 0 Å². The van der Waals surface area contributed by atoms with Crippen molar-refractivity contribution in [1.29, 1.82) is 0 Å². The zero-order valence-electron chi connectivity index (χ0n) is 52.9. The van der Waals surface area contributed by atoms with Gasteiger partial charge in [-0.05, 0) is 72.8 Å². The molecule has 0 radical (unpaired) electrons. The average molecular weight is 1510 g/mol. The first-order valence-electron chi connectivity index (χ1n) is 30.4. The third kappa shape index (κ3) is 13.0. The third-order valence-electron chi connectivity index (χ3n) is 16.3. The van der Waals surface area contributed by atoms with Crippen molar-refractivity contribution in [3.05, 3.63) is 260 Å². The summed E-state index contributed by atoms with van der Waals surface area (Å²) in [5.74, 6) is -49.2. The monoisotopic (exact) mass is 1510 g/mol. The second kappa shape index (κ2) is 28.6. The number of fused-ring (bicyclic) bond motifs is 8. The third-order valence-corrected chi connectivity index (χ3v) is 16.3. The highest BCUT2D eigenvalue weighted by Gasteiger charge is 2.33. The van der Waals surface area contributed by atoms with Crippen LogP contribution in [0.4, 0.5) is 152 Å². The van der Waals surface area contributed by atoms with Gasteiger partial charge in [-0.2, -0.15) is 0 Å². The molecule has 8 amide bonds. The molecule has 108 heavy (non-hydrogen) atoms. The van der Waals surface area contributed by atoms with Crippen molar-refractivity contribution in [2.24, 2.45) is 0 Å². The van der Waals surface area contributed by atoms with Gasteiger partial charge < -0.3 is 52.5 Å². The van der Waals surface area contributed by atoms with E-state index in [1.54, 1.807) is 21.3 Å². The summed E-state index contributed by atoms with van der Waals surface area (Å²) in [5.41, 5.74) is -9.90. The molecule has 0 aliphatic carbocycles. The second-order valence-corrected chi connectivity index (χ2v) is 22.8. The number of hydrogen-bond acceptors (Lipinski definition) is 6. The summed E-state index contributed by atoms with van der Waals surface area (Å²) in [6.07, 6.45) is 5.39. The minimum Gasteiger partial charge on any atom is -0.354 e. The molecule has 36 heteroatoms. The summed E-state index contributed by atoms with van der Waals surface area (Å²) in [6.45, 7) is 0. The lowest BCUT2D eigenvalue weighted by atomic mass is 10.0. The van der Waals surface area contributed by atoms with Crippen LogP contribution in [0.25, 0.3) is 90.9 Å². The molecule has 11 aromatic rings. The number of aromatic amines is 2. The molecule has 0 unspecified atom stereocenters. The Bertz CT molecular complexity index is 5170. The summed E-state index contributed by atoms with van der Waals surface area (Å²) in [7, 11) is 0. The lowest BCUT2D eigenvalue weighted by Gasteiger charge is -2.15. The number of halogens is 20. The van der Waals surface area contributed by atoms with Gasteiger partial charge >= 0.3 is 24.1 Å². The first kappa shape index (κ1) is 72.4. The van der Waals surface area contributed by atoms with Gasteiger partial charge in [0.2, 0.25) is 23.3 Å². The largest absolute Gasteiger partial charge is 0.354 e. The van der Waals surface area contributed by atoms with E-state index in [0.29, 0.717) is 0 Å². The van der Waals surface area contributed by atoms with Gasteiger partial charge in [-0.3, -0.25) is 0 Å². The fourth-order valence-corrected chi connectivity index (χ4v) is 11.5.